The summed E-state index contributed by atoms with van der Waals surface area (Å²) in [6, 6.07) is 3.30. The van der Waals surface area contributed by atoms with Crippen LogP contribution in [0, 0.1) is 10.1 Å². The molecule has 0 heterocycles. The van der Waals surface area contributed by atoms with Gasteiger partial charge in [-0.3, -0.25) is 14.9 Å². The summed E-state index contributed by atoms with van der Waals surface area (Å²) in [5.74, 6) is -0.964. The SMILES string of the molecule is O=C(NCC(O)C(F)F)c1cc(Cl)ccc1[N+](=O)[O-]. The molecule has 0 aliphatic heterocycles. The number of halogens is 3. The van der Waals surface area contributed by atoms with Crippen molar-refractivity contribution in [3.05, 3.63) is 38.9 Å². The van der Waals surface area contributed by atoms with Gasteiger partial charge in [-0.2, -0.15) is 0 Å². The predicted octanol–water partition coefficient (Wildman–Crippen LogP) is 1.60. The Labute approximate surface area is 111 Å². The Bertz CT molecular complexity index is 498. The lowest BCUT2D eigenvalue weighted by Gasteiger charge is -2.10. The van der Waals surface area contributed by atoms with Crippen LogP contribution in [0.15, 0.2) is 18.2 Å². The van der Waals surface area contributed by atoms with E-state index in [9.17, 15) is 23.7 Å². The average Bonchev–Trinajstić information content (AvgIpc) is 2.34. The van der Waals surface area contributed by atoms with Crippen LogP contribution in [0.1, 0.15) is 10.4 Å². The highest BCUT2D eigenvalue weighted by Crippen LogP contribution is 2.22. The molecule has 0 saturated carbocycles. The fourth-order valence-corrected chi connectivity index (χ4v) is 1.40. The fourth-order valence-electron chi connectivity index (χ4n) is 1.23. The summed E-state index contributed by atoms with van der Waals surface area (Å²) in [5, 5.41) is 21.6. The summed E-state index contributed by atoms with van der Waals surface area (Å²) >= 11 is 5.61. The Morgan fingerprint density at radius 3 is 2.68 bits per heavy atom. The van der Waals surface area contributed by atoms with E-state index in [1.165, 1.54) is 6.07 Å². The van der Waals surface area contributed by atoms with Crippen molar-refractivity contribution in [1.29, 1.82) is 0 Å². The Morgan fingerprint density at radius 2 is 2.16 bits per heavy atom. The maximum atomic E-state index is 12.0. The van der Waals surface area contributed by atoms with Crippen molar-refractivity contribution in [2.24, 2.45) is 0 Å². The zero-order valence-electron chi connectivity index (χ0n) is 9.35. The standard InChI is InChI=1S/C10H9ClF2N2O4/c11-5-1-2-7(15(18)19)6(3-5)10(17)14-4-8(16)9(12)13/h1-3,8-9,16H,4H2,(H,14,17). The van der Waals surface area contributed by atoms with Crippen molar-refractivity contribution >= 4 is 23.2 Å². The molecule has 6 nitrogen and oxygen atoms in total. The van der Waals surface area contributed by atoms with Crippen LogP contribution < -0.4 is 5.32 Å². The zero-order valence-corrected chi connectivity index (χ0v) is 10.1. The van der Waals surface area contributed by atoms with Gasteiger partial charge in [0.15, 0.2) is 0 Å². The van der Waals surface area contributed by atoms with E-state index in [2.05, 4.69) is 0 Å². The first-order valence-electron chi connectivity index (χ1n) is 5.01. The molecular weight excluding hydrogens is 286 g/mol. The van der Waals surface area contributed by atoms with E-state index in [0.29, 0.717) is 0 Å². The van der Waals surface area contributed by atoms with Crippen LogP contribution in [-0.2, 0) is 0 Å². The lowest BCUT2D eigenvalue weighted by atomic mass is 10.1. The first kappa shape index (κ1) is 15.3. The highest BCUT2D eigenvalue weighted by atomic mass is 35.5. The minimum atomic E-state index is -3.02. The third kappa shape index (κ3) is 4.11. The molecule has 1 amide bonds. The third-order valence-electron chi connectivity index (χ3n) is 2.16. The van der Waals surface area contributed by atoms with E-state index in [0.717, 1.165) is 12.1 Å². The van der Waals surface area contributed by atoms with Gasteiger partial charge in [-0.05, 0) is 12.1 Å². The highest BCUT2D eigenvalue weighted by molar-refractivity contribution is 6.31. The number of amides is 1. The van der Waals surface area contributed by atoms with Crippen LogP contribution in [0.2, 0.25) is 5.02 Å². The Morgan fingerprint density at radius 1 is 1.53 bits per heavy atom. The number of rotatable bonds is 5. The van der Waals surface area contributed by atoms with Crippen LogP contribution in [0.3, 0.4) is 0 Å². The average molecular weight is 295 g/mol. The van der Waals surface area contributed by atoms with Crippen LogP contribution in [0.4, 0.5) is 14.5 Å². The Kier molecular flexibility index (Phi) is 5.13. The molecule has 1 atom stereocenters. The monoisotopic (exact) mass is 294 g/mol. The number of carbonyl (C=O) groups is 1. The van der Waals surface area contributed by atoms with Crippen LogP contribution in [0.25, 0.3) is 0 Å². The Balaban J connectivity index is 2.87. The van der Waals surface area contributed by atoms with Crippen molar-refractivity contribution in [3.63, 3.8) is 0 Å². The molecule has 0 saturated heterocycles. The van der Waals surface area contributed by atoms with E-state index >= 15 is 0 Å². The van der Waals surface area contributed by atoms with Gasteiger partial charge in [0.1, 0.15) is 11.7 Å². The molecule has 0 radical (unpaired) electrons. The topological polar surface area (TPSA) is 92.5 Å². The first-order chi connectivity index (χ1) is 8.82. The number of nitro groups is 1. The van der Waals surface area contributed by atoms with Crippen molar-refractivity contribution < 1.29 is 23.6 Å². The maximum Gasteiger partial charge on any atom is 0.282 e. The largest absolute Gasteiger partial charge is 0.385 e. The molecule has 1 aromatic carbocycles. The molecule has 2 N–H and O–H groups in total. The number of hydrogen-bond acceptors (Lipinski definition) is 4. The molecule has 0 bridgehead atoms. The predicted molar refractivity (Wildman–Crippen MR) is 62.5 cm³/mol. The maximum absolute atomic E-state index is 12.0. The summed E-state index contributed by atoms with van der Waals surface area (Å²) in [4.78, 5) is 21.5. The van der Waals surface area contributed by atoms with E-state index in [4.69, 9.17) is 16.7 Å². The van der Waals surface area contributed by atoms with E-state index in [-0.39, 0.29) is 10.6 Å². The zero-order chi connectivity index (χ0) is 14.6. The van der Waals surface area contributed by atoms with Crippen LogP contribution in [0.5, 0.6) is 0 Å². The number of nitro benzene ring substituents is 1. The van der Waals surface area contributed by atoms with Gasteiger partial charge in [-0.15, -0.1) is 0 Å². The molecule has 9 heteroatoms. The number of hydrogen-bond donors (Lipinski definition) is 2. The quantitative estimate of drug-likeness (QED) is 0.637. The fraction of sp³-hybridized carbons (Fsp3) is 0.300. The van der Waals surface area contributed by atoms with E-state index < -0.39 is 35.6 Å². The lowest BCUT2D eigenvalue weighted by Crippen LogP contribution is -2.36. The van der Waals surface area contributed by atoms with Gasteiger partial charge in [0.05, 0.1) is 4.92 Å². The van der Waals surface area contributed by atoms with E-state index in [1.54, 1.807) is 0 Å². The number of nitrogens with zero attached hydrogens (tertiary/aromatic N) is 1. The highest BCUT2D eigenvalue weighted by Gasteiger charge is 2.23. The molecule has 104 valence electrons. The number of carbonyl (C=O) groups excluding carboxylic acids is 1. The van der Waals surface area contributed by atoms with Crippen LogP contribution >= 0.6 is 11.6 Å². The molecule has 0 aromatic heterocycles. The summed E-state index contributed by atoms with van der Waals surface area (Å²) in [5.41, 5.74) is -0.868. The summed E-state index contributed by atoms with van der Waals surface area (Å²) in [6.45, 7) is -0.722. The second-order valence-corrected chi connectivity index (χ2v) is 3.97. The lowest BCUT2D eigenvalue weighted by molar-refractivity contribution is -0.385. The number of aliphatic hydroxyl groups excluding tert-OH is 1. The minimum Gasteiger partial charge on any atom is -0.385 e. The number of benzene rings is 1. The van der Waals surface area contributed by atoms with Gasteiger partial charge in [-0.25, -0.2) is 8.78 Å². The van der Waals surface area contributed by atoms with Crippen molar-refractivity contribution in [1.82, 2.24) is 5.32 Å². The van der Waals surface area contributed by atoms with Gasteiger partial charge in [-0.1, -0.05) is 11.6 Å². The number of aliphatic hydroxyl groups is 1. The third-order valence-corrected chi connectivity index (χ3v) is 2.40. The van der Waals surface area contributed by atoms with Gasteiger partial charge in [0.2, 0.25) is 0 Å². The molecule has 0 aliphatic rings. The molecule has 0 aliphatic carbocycles. The van der Waals surface area contributed by atoms with Gasteiger partial charge in [0.25, 0.3) is 18.0 Å². The van der Waals surface area contributed by atoms with Crippen molar-refractivity contribution in [2.75, 3.05) is 6.54 Å². The van der Waals surface area contributed by atoms with Gasteiger partial charge >= 0.3 is 0 Å². The van der Waals surface area contributed by atoms with Crippen molar-refractivity contribution in [3.8, 4) is 0 Å². The summed E-state index contributed by atoms with van der Waals surface area (Å²) in [6.07, 6.45) is -5.06. The Hall–Kier alpha value is -1.80. The molecule has 1 unspecified atom stereocenters. The molecule has 0 spiro atoms. The second kappa shape index (κ2) is 6.39. The molecular formula is C10H9ClF2N2O4. The molecule has 19 heavy (non-hydrogen) atoms. The number of nitrogens with one attached hydrogen (secondary N) is 1. The smallest absolute Gasteiger partial charge is 0.282 e. The summed E-state index contributed by atoms with van der Waals surface area (Å²) in [7, 11) is 0. The van der Waals surface area contributed by atoms with E-state index in [1.807, 2.05) is 5.32 Å². The molecule has 0 fully saturated rings. The second-order valence-electron chi connectivity index (χ2n) is 3.53. The van der Waals surface area contributed by atoms with Crippen molar-refractivity contribution in [2.45, 2.75) is 12.5 Å². The molecule has 1 aromatic rings. The molecule has 1 rings (SSSR count). The number of alkyl halides is 2. The minimum absolute atomic E-state index is 0.0881. The van der Waals surface area contributed by atoms with Gasteiger partial charge < -0.3 is 10.4 Å². The van der Waals surface area contributed by atoms with Gasteiger partial charge in [0, 0.05) is 17.6 Å². The first-order valence-corrected chi connectivity index (χ1v) is 5.39. The van der Waals surface area contributed by atoms with Crippen LogP contribution in [-0.4, -0.2) is 35.0 Å². The normalized spacial score (nSPS) is 12.3. The summed E-state index contributed by atoms with van der Waals surface area (Å²) < 4.78 is 24.0.